The number of rotatable bonds is 8. The molecular formula is C24H29ClN2O5S. The Kier molecular flexibility index (Phi) is 8.37. The first-order valence-corrected chi connectivity index (χ1v) is 12.1. The molecule has 0 aliphatic carbocycles. The highest BCUT2D eigenvalue weighted by Crippen LogP contribution is 2.44. The quantitative estimate of drug-likeness (QED) is 0.583. The predicted octanol–water partition coefficient (Wildman–Crippen LogP) is 4.54. The van der Waals surface area contributed by atoms with Gasteiger partial charge in [-0.3, -0.25) is 9.59 Å². The van der Waals surface area contributed by atoms with E-state index in [0.717, 1.165) is 12.0 Å². The molecule has 3 rings (SSSR count). The zero-order valence-corrected chi connectivity index (χ0v) is 21.0. The fraction of sp³-hybridized carbons (Fsp3) is 0.417. The molecule has 33 heavy (non-hydrogen) atoms. The predicted molar refractivity (Wildman–Crippen MR) is 131 cm³/mol. The summed E-state index contributed by atoms with van der Waals surface area (Å²) in [5, 5.41) is 3.21. The first-order chi connectivity index (χ1) is 15.8. The minimum atomic E-state index is -0.639. The summed E-state index contributed by atoms with van der Waals surface area (Å²) in [7, 11) is 4.49. The summed E-state index contributed by atoms with van der Waals surface area (Å²) in [5.74, 6) is 1.11. The van der Waals surface area contributed by atoms with Crippen molar-refractivity contribution in [2.45, 2.75) is 37.7 Å². The number of hydrogen-bond acceptors (Lipinski definition) is 6. The van der Waals surface area contributed by atoms with Crippen LogP contribution in [0.2, 0.25) is 5.02 Å². The summed E-state index contributed by atoms with van der Waals surface area (Å²) in [4.78, 5) is 28.6. The van der Waals surface area contributed by atoms with Crippen LogP contribution in [0.25, 0.3) is 0 Å². The lowest BCUT2D eigenvalue weighted by molar-refractivity contribution is -0.125. The van der Waals surface area contributed by atoms with E-state index in [4.69, 9.17) is 25.8 Å². The zero-order valence-electron chi connectivity index (χ0n) is 19.4. The van der Waals surface area contributed by atoms with Gasteiger partial charge in [0.25, 0.3) is 5.91 Å². The van der Waals surface area contributed by atoms with Crippen LogP contribution in [0.4, 0.5) is 0 Å². The highest BCUT2D eigenvalue weighted by atomic mass is 35.5. The van der Waals surface area contributed by atoms with Gasteiger partial charge in [-0.25, -0.2) is 0 Å². The van der Waals surface area contributed by atoms with Crippen molar-refractivity contribution in [1.29, 1.82) is 0 Å². The molecule has 0 spiro atoms. The number of nitrogens with one attached hydrogen (secondary N) is 1. The number of methoxy groups -OCH3 is 3. The molecule has 7 nitrogen and oxygen atoms in total. The molecule has 2 amide bonds. The van der Waals surface area contributed by atoms with Crippen LogP contribution in [0, 0.1) is 0 Å². The topological polar surface area (TPSA) is 77.1 Å². The summed E-state index contributed by atoms with van der Waals surface area (Å²) in [6, 6.07) is 9.93. The first kappa shape index (κ1) is 25.1. The molecule has 0 saturated carbocycles. The van der Waals surface area contributed by atoms with Crippen LogP contribution in [0.5, 0.6) is 17.2 Å². The van der Waals surface area contributed by atoms with Crippen LogP contribution >= 0.6 is 23.4 Å². The molecule has 1 fully saturated rings. The van der Waals surface area contributed by atoms with Crippen molar-refractivity contribution in [2.75, 3.05) is 27.1 Å². The smallest absolute Gasteiger partial charge is 0.256 e. The van der Waals surface area contributed by atoms with Crippen molar-refractivity contribution in [1.82, 2.24) is 10.2 Å². The molecule has 1 saturated heterocycles. The zero-order chi connectivity index (χ0) is 24.1. The fourth-order valence-electron chi connectivity index (χ4n) is 3.67. The van der Waals surface area contributed by atoms with Crippen molar-refractivity contribution >= 4 is 35.2 Å². The van der Waals surface area contributed by atoms with E-state index >= 15 is 0 Å². The van der Waals surface area contributed by atoms with Crippen LogP contribution < -0.4 is 19.5 Å². The van der Waals surface area contributed by atoms with Gasteiger partial charge < -0.3 is 24.4 Å². The van der Waals surface area contributed by atoms with Crippen LogP contribution in [0.3, 0.4) is 0 Å². The van der Waals surface area contributed by atoms with Gasteiger partial charge in [0.1, 0.15) is 11.4 Å². The lowest BCUT2D eigenvalue weighted by Crippen LogP contribution is -2.49. The Morgan fingerprint density at radius 2 is 1.82 bits per heavy atom. The Hall–Kier alpha value is -2.58. The minimum absolute atomic E-state index is 0.00541. The maximum Gasteiger partial charge on any atom is 0.256 e. The molecule has 1 aliphatic rings. The number of benzene rings is 2. The van der Waals surface area contributed by atoms with E-state index in [0.29, 0.717) is 33.6 Å². The molecule has 9 heteroatoms. The lowest BCUT2D eigenvalue weighted by atomic mass is 10.1. The van der Waals surface area contributed by atoms with E-state index in [1.54, 1.807) is 23.1 Å². The average molecular weight is 493 g/mol. The van der Waals surface area contributed by atoms with Gasteiger partial charge in [-0.05, 0) is 43.2 Å². The molecule has 1 heterocycles. The van der Waals surface area contributed by atoms with E-state index in [2.05, 4.69) is 5.32 Å². The molecule has 3 unspecified atom stereocenters. The molecule has 0 radical (unpaired) electrons. The molecule has 2 aromatic carbocycles. The molecule has 0 bridgehead atoms. The largest absolute Gasteiger partial charge is 0.493 e. The van der Waals surface area contributed by atoms with Gasteiger partial charge in [0.05, 0.1) is 21.3 Å². The molecule has 0 aromatic heterocycles. The highest BCUT2D eigenvalue weighted by molar-refractivity contribution is 7.99. The fourth-order valence-corrected chi connectivity index (χ4v) is 5.29. The van der Waals surface area contributed by atoms with E-state index < -0.39 is 6.04 Å². The monoisotopic (exact) mass is 492 g/mol. The van der Waals surface area contributed by atoms with Crippen LogP contribution in [0.15, 0.2) is 36.4 Å². The van der Waals surface area contributed by atoms with E-state index in [1.807, 2.05) is 32.0 Å². The van der Waals surface area contributed by atoms with Crippen molar-refractivity contribution in [3.8, 4) is 17.2 Å². The molecule has 2 aromatic rings. The van der Waals surface area contributed by atoms with Gasteiger partial charge in [-0.15, -0.1) is 11.8 Å². The minimum Gasteiger partial charge on any atom is -0.493 e. The Morgan fingerprint density at radius 1 is 1.15 bits per heavy atom. The normalized spacial score (nSPS) is 18.5. The third kappa shape index (κ3) is 5.33. The van der Waals surface area contributed by atoms with E-state index in [-0.39, 0.29) is 23.2 Å². The number of thioether (sulfide) groups is 1. The van der Waals surface area contributed by atoms with Gasteiger partial charge in [0.15, 0.2) is 11.5 Å². The van der Waals surface area contributed by atoms with Crippen molar-refractivity contribution in [3.05, 3.63) is 52.5 Å². The Balaban J connectivity index is 2.05. The third-order valence-electron chi connectivity index (χ3n) is 5.58. The van der Waals surface area contributed by atoms with Crippen LogP contribution in [-0.4, -0.2) is 55.9 Å². The van der Waals surface area contributed by atoms with Gasteiger partial charge in [-0.2, -0.15) is 0 Å². The Bertz CT molecular complexity index is 993. The second-order valence-electron chi connectivity index (χ2n) is 7.70. The summed E-state index contributed by atoms with van der Waals surface area (Å²) in [6.07, 6.45) is 0.796. The van der Waals surface area contributed by atoms with E-state index in [1.165, 1.54) is 33.1 Å². The van der Waals surface area contributed by atoms with Gasteiger partial charge in [0.2, 0.25) is 11.7 Å². The van der Waals surface area contributed by atoms with Gasteiger partial charge in [-0.1, -0.05) is 30.7 Å². The van der Waals surface area contributed by atoms with Crippen molar-refractivity contribution < 1.29 is 23.8 Å². The van der Waals surface area contributed by atoms with Crippen LogP contribution in [0.1, 0.15) is 41.6 Å². The van der Waals surface area contributed by atoms with Crippen molar-refractivity contribution in [2.24, 2.45) is 0 Å². The molecule has 3 atom stereocenters. The molecular weight excluding hydrogens is 464 g/mol. The number of nitrogens with zero attached hydrogens (tertiary/aromatic N) is 1. The maximum atomic E-state index is 13.9. The lowest BCUT2D eigenvalue weighted by Gasteiger charge is -2.30. The molecule has 1 N–H and O–H groups in total. The number of hydrogen-bond donors (Lipinski definition) is 1. The standard InChI is InChI=1S/C24H29ClN2O5S/c1-6-14(2)26-22(28)18-13-33-24(15-8-7-9-17(25)10-15)27(18)23(29)16-11-19(30-3)21(32-5)20(12-16)31-4/h7-12,14,18,24H,6,13H2,1-5H3,(H,26,28). The van der Waals surface area contributed by atoms with Gasteiger partial charge >= 0.3 is 0 Å². The Labute approximate surface area is 203 Å². The third-order valence-corrected chi connectivity index (χ3v) is 7.14. The number of amides is 2. The van der Waals surface area contributed by atoms with Crippen molar-refractivity contribution in [3.63, 3.8) is 0 Å². The highest BCUT2D eigenvalue weighted by Gasteiger charge is 2.43. The average Bonchev–Trinajstić information content (AvgIpc) is 3.27. The summed E-state index contributed by atoms with van der Waals surface area (Å²) >= 11 is 7.76. The second-order valence-corrected chi connectivity index (χ2v) is 9.25. The summed E-state index contributed by atoms with van der Waals surface area (Å²) in [5.41, 5.74) is 1.19. The number of ether oxygens (including phenoxy) is 3. The maximum absolute atomic E-state index is 13.9. The SMILES string of the molecule is CCC(C)NC(=O)C1CSC(c2cccc(Cl)c2)N1C(=O)c1cc(OC)c(OC)c(OC)c1. The molecule has 1 aliphatic heterocycles. The second kappa shape index (κ2) is 11.0. The first-order valence-electron chi connectivity index (χ1n) is 10.6. The molecule has 178 valence electrons. The summed E-state index contributed by atoms with van der Waals surface area (Å²) < 4.78 is 16.2. The summed E-state index contributed by atoms with van der Waals surface area (Å²) in [6.45, 7) is 3.95. The number of carbonyl (C=O) groups excluding carboxylic acids is 2. The number of carbonyl (C=O) groups is 2. The van der Waals surface area contributed by atoms with Gasteiger partial charge in [0, 0.05) is 22.4 Å². The Morgan fingerprint density at radius 3 is 2.36 bits per heavy atom. The number of halogens is 1. The van der Waals surface area contributed by atoms with Crippen LogP contribution in [-0.2, 0) is 4.79 Å². The van der Waals surface area contributed by atoms with E-state index in [9.17, 15) is 9.59 Å².